The fraction of sp³-hybridized carbons (Fsp3) is 0.250. The normalized spacial score (nSPS) is 17.5. The van der Waals surface area contributed by atoms with Crippen molar-refractivity contribution in [1.82, 2.24) is 0 Å². The first-order chi connectivity index (χ1) is 11.6. The number of hydrogen-bond donors (Lipinski definition) is 0. The van der Waals surface area contributed by atoms with Gasteiger partial charge in [-0.15, -0.1) is 13.2 Å². The van der Waals surface area contributed by atoms with Crippen molar-refractivity contribution in [2.75, 3.05) is 4.31 Å². The van der Waals surface area contributed by atoms with Crippen molar-refractivity contribution in [1.29, 1.82) is 0 Å². The zero-order chi connectivity index (χ0) is 18.4. The first kappa shape index (κ1) is 18.1. The average molecular weight is 436 g/mol. The van der Waals surface area contributed by atoms with E-state index in [2.05, 4.69) is 20.7 Å². The van der Waals surface area contributed by atoms with Gasteiger partial charge in [-0.25, -0.2) is 8.42 Å². The van der Waals surface area contributed by atoms with Crippen molar-refractivity contribution in [3.05, 3.63) is 52.5 Å². The van der Waals surface area contributed by atoms with Crippen LogP contribution in [0, 0.1) is 0 Å². The summed E-state index contributed by atoms with van der Waals surface area (Å²) in [6.45, 7) is 1.71. The summed E-state index contributed by atoms with van der Waals surface area (Å²) in [4.78, 5) is -0.531. The van der Waals surface area contributed by atoms with E-state index in [1.54, 1.807) is 31.2 Å². The first-order valence-electron chi connectivity index (χ1n) is 7.27. The van der Waals surface area contributed by atoms with E-state index in [0.717, 1.165) is 22.0 Å². The molecule has 1 aliphatic heterocycles. The molecule has 1 atom stereocenters. The Hall–Kier alpha value is -1.74. The largest absolute Gasteiger partial charge is 0.573 e. The van der Waals surface area contributed by atoms with Crippen molar-refractivity contribution < 1.29 is 26.3 Å². The van der Waals surface area contributed by atoms with E-state index < -0.39 is 33.1 Å². The molecule has 0 fully saturated rings. The maximum Gasteiger partial charge on any atom is 0.573 e. The quantitative estimate of drug-likeness (QED) is 0.713. The Bertz CT molecular complexity index is 915. The van der Waals surface area contributed by atoms with Crippen LogP contribution in [0.4, 0.5) is 18.9 Å². The third-order valence-corrected chi connectivity index (χ3v) is 6.27. The van der Waals surface area contributed by atoms with Crippen molar-refractivity contribution in [2.45, 2.75) is 30.6 Å². The molecule has 1 unspecified atom stereocenters. The third kappa shape index (κ3) is 3.48. The molecular formula is C16H13BrF3NO3S. The topological polar surface area (TPSA) is 46.6 Å². The molecule has 0 aromatic heterocycles. The van der Waals surface area contributed by atoms with E-state index in [9.17, 15) is 21.6 Å². The zero-order valence-corrected chi connectivity index (χ0v) is 15.3. The van der Waals surface area contributed by atoms with Crippen molar-refractivity contribution in [3.8, 4) is 5.75 Å². The summed E-state index contributed by atoms with van der Waals surface area (Å²) in [5.74, 6) is -0.765. The molecule has 9 heteroatoms. The number of fused-ring (bicyclic) bond motifs is 1. The Morgan fingerprint density at radius 3 is 2.56 bits per heavy atom. The number of hydrogen-bond acceptors (Lipinski definition) is 3. The van der Waals surface area contributed by atoms with Crippen LogP contribution in [-0.2, 0) is 16.4 Å². The fourth-order valence-electron chi connectivity index (χ4n) is 2.91. The SMILES string of the molecule is CC1Cc2ccccc2N1S(=O)(=O)c1ccc(Br)cc1OC(F)(F)F. The van der Waals surface area contributed by atoms with Gasteiger partial charge in [-0.05, 0) is 43.2 Å². The van der Waals surface area contributed by atoms with Gasteiger partial charge in [0.15, 0.2) is 5.75 Å². The minimum Gasteiger partial charge on any atom is -0.404 e. The molecule has 0 saturated carbocycles. The molecule has 2 aromatic rings. The Labute approximate surface area is 151 Å². The summed E-state index contributed by atoms with van der Waals surface area (Å²) in [7, 11) is -4.23. The summed E-state index contributed by atoms with van der Waals surface area (Å²) >= 11 is 3.04. The highest BCUT2D eigenvalue weighted by Crippen LogP contribution is 2.40. The highest BCUT2D eigenvalue weighted by atomic mass is 79.9. The highest BCUT2D eigenvalue weighted by Gasteiger charge is 2.40. The van der Waals surface area contributed by atoms with Gasteiger partial charge in [0.1, 0.15) is 4.90 Å². The molecule has 0 aliphatic carbocycles. The molecule has 134 valence electrons. The second kappa shape index (κ2) is 6.21. The zero-order valence-electron chi connectivity index (χ0n) is 12.9. The highest BCUT2D eigenvalue weighted by molar-refractivity contribution is 9.10. The maximum absolute atomic E-state index is 13.1. The number of halogens is 4. The summed E-state index contributed by atoms with van der Waals surface area (Å²) in [6, 6.07) is 9.97. The van der Waals surface area contributed by atoms with Crippen LogP contribution < -0.4 is 9.04 Å². The maximum atomic E-state index is 13.1. The van der Waals surface area contributed by atoms with Crippen LogP contribution in [0.2, 0.25) is 0 Å². The number of rotatable bonds is 3. The lowest BCUT2D eigenvalue weighted by atomic mass is 10.1. The molecule has 1 aliphatic rings. The van der Waals surface area contributed by atoms with Gasteiger partial charge in [0.25, 0.3) is 10.0 Å². The van der Waals surface area contributed by atoms with Gasteiger partial charge in [0.2, 0.25) is 0 Å². The van der Waals surface area contributed by atoms with E-state index in [4.69, 9.17) is 0 Å². The molecular weight excluding hydrogens is 423 g/mol. The van der Waals surface area contributed by atoms with Gasteiger partial charge in [-0.2, -0.15) is 0 Å². The van der Waals surface area contributed by atoms with Crippen molar-refractivity contribution in [2.24, 2.45) is 0 Å². The summed E-state index contributed by atoms with van der Waals surface area (Å²) in [5.41, 5.74) is 1.30. The molecule has 0 bridgehead atoms. The minimum absolute atomic E-state index is 0.278. The average Bonchev–Trinajstić information content (AvgIpc) is 2.81. The summed E-state index contributed by atoms with van der Waals surface area (Å²) < 4.78 is 69.6. The van der Waals surface area contributed by atoms with E-state index >= 15 is 0 Å². The van der Waals surface area contributed by atoms with Crippen LogP contribution in [0.5, 0.6) is 5.75 Å². The number of alkyl halides is 3. The van der Waals surface area contributed by atoms with E-state index in [0.29, 0.717) is 12.1 Å². The van der Waals surface area contributed by atoms with Crippen LogP contribution in [0.1, 0.15) is 12.5 Å². The van der Waals surface area contributed by atoms with Crippen molar-refractivity contribution in [3.63, 3.8) is 0 Å². The molecule has 3 rings (SSSR count). The molecule has 0 spiro atoms. The molecule has 0 radical (unpaired) electrons. The monoisotopic (exact) mass is 435 g/mol. The number of nitrogens with zero attached hydrogens (tertiary/aromatic N) is 1. The summed E-state index contributed by atoms with van der Waals surface area (Å²) in [5, 5.41) is 0. The Kier molecular flexibility index (Phi) is 4.48. The number of para-hydroxylation sites is 1. The Balaban J connectivity index is 2.13. The first-order valence-corrected chi connectivity index (χ1v) is 9.50. The van der Waals surface area contributed by atoms with Crippen LogP contribution in [0.25, 0.3) is 0 Å². The Morgan fingerprint density at radius 2 is 1.88 bits per heavy atom. The smallest absolute Gasteiger partial charge is 0.404 e. The molecule has 0 amide bonds. The lowest BCUT2D eigenvalue weighted by Crippen LogP contribution is -2.36. The van der Waals surface area contributed by atoms with Crippen LogP contribution in [-0.4, -0.2) is 20.8 Å². The second-order valence-corrected chi connectivity index (χ2v) is 8.32. The molecule has 0 saturated heterocycles. The van der Waals surface area contributed by atoms with Gasteiger partial charge in [-0.3, -0.25) is 4.31 Å². The number of ether oxygens (including phenoxy) is 1. The van der Waals surface area contributed by atoms with Gasteiger partial charge < -0.3 is 4.74 Å². The Morgan fingerprint density at radius 1 is 1.20 bits per heavy atom. The summed E-state index contributed by atoms with van der Waals surface area (Å²) in [6.07, 6.45) is -4.51. The van der Waals surface area contributed by atoms with Gasteiger partial charge in [0.05, 0.1) is 5.69 Å². The minimum atomic E-state index is -5.00. The molecule has 2 aromatic carbocycles. The number of benzene rings is 2. The van der Waals surface area contributed by atoms with Gasteiger partial charge in [-0.1, -0.05) is 34.1 Å². The predicted octanol–water partition coefficient (Wildman–Crippen LogP) is 4.49. The lowest BCUT2D eigenvalue weighted by molar-refractivity contribution is -0.275. The second-order valence-electron chi connectivity index (χ2n) is 5.62. The van der Waals surface area contributed by atoms with Crippen LogP contribution >= 0.6 is 15.9 Å². The lowest BCUT2D eigenvalue weighted by Gasteiger charge is -2.25. The van der Waals surface area contributed by atoms with Gasteiger partial charge in [0, 0.05) is 10.5 Å². The van der Waals surface area contributed by atoms with Gasteiger partial charge >= 0.3 is 6.36 Å². The molecule has 0 N–H and O–H groups in total. The van der Waals surface area contributed by atoms with Crippen LogP contribution in [0.3, 0.4) is 0 Å². The standard InChI is InChI=1S/C16H13BrF3NO3S/c1-10-8-11-4-2-3-5-13(11)21(10)25(22,23)15-7-6-12(17)9-14(15)24-16(18,19)20/h2-7,9-10H,8H2,1H3. The number of anilines is 1. The molecule has 4 nitrogen and oxygen atoms in total. The van der Waals surface area contributed by atoms with E-state index in [1.807, 2.05) is 0 Å². The fourth-order valence-corrected chi connectivity index (χ4v) is 5.04. The molecule has 1 heterocycles. The van der Waals surface area contributed by atoms with Crippen molar-refractivity contribution >= 4 is 31.6 Å². The number of sulfonamides is 1. The molecule has 25 heavy (non-hydrogen) atoms. The predicted molar refractivity (Wildman–Crippen MR) is 90.1 cm³/mol. The van der Waals surface area contributed by atoms with Crippen LogP contribution in [0.15, 0.2) is 51.8 Å². The van der Waals surface area contributed by atoms with E-state index in [1.165, 1.54) is 6.07 Å². The third-order valence-electron chi connectivity index (χ3n) is 3.81. The van der Waals surface area contributed by atoms with E-state index in [-0.39, 0.29) is 4.47 Å².